The van der Waals surface area contributed by atoms with E-state index in [9.17, 15) is 18.3 Å². The van der Waals surface area contributed by atoms with Gasteiger partial charge in [0.25, 0.3) is 5.91 Å². The first-order valence-electron chi connectivity index (χ1n) is 13.1. The van der Waals surface area contributed by atoms with Crippen molar-refractivity contribution in [1.82, 2.24) is 9.88 Å². The van der Waals surface area contributed by atoms with Crippen molar-refractivity contribution in [3.63, 3.8) is 0 Å². The second-order valence-electron chi connectivity index (χ2n) is 10.3. The summed E-state index contributed by atoms with van der Waals surface area (Å²) in [4.78, 5) is 13.3. The quantitative estimate of drug-likeness (QED) is 0.328. The van der Waals surface area contributed by atoms with Crippen LogP contribution in [0.1, 0.15) is 74.8 Å². The monoisotopic (exact) mass is 540 g/mol. The largest absolute Gasteiger partial charge is 0.477 e. The molecule has 0 aliphatic carbocycles. The van der Waals surface area contributed by atoms with Crippen LogP contribution in [0.2, 0.25) is 0 Å². The number of nitrogens with one attached hydrogen (secondary N) is 1. The number of amides is 1. The molecule has 0 unspecified atom stereocenters. The van der Waals surface area contributed by atoms with Crippen LogP contribution in [0.4, 0.5) is 0 Å². The molecule has 0 aliphatic rings. The van der Waals surface area contributed by atoms with Crippen LogP contribution in [0.15, 0.2) is 65.6 Å². The molecule has 1 heterocycles. The molecule has 0 aliphatic heterocycles. The van der Waals surface area contributed by atoms with Gasteiger partial charge in [-0.25, -0.2) is 8.42 Å². The molecule has 0 saturated heterocycles. The average molecular weight is 541 g/mol. The topological polar surface area (TPSA) is 97.6 Å². The lowest BCUT2D eigenvalue weighted by atomic mass is 9.72. The van der Waals surface area contributed by atoms with Gasteiger partial charge in [-0.3, -0.25) is 4.79 Å². The summed E-state index contributed by atoms with van der Waals surface area (Å²) in [6.45, 7) is 12.2. The second-order valence-corrected chi connectivity index (χ2v) is 12.2. The Bertz CT molecular complexity index is 1360. The minimum atomic E-state index is -3.57. The van der Waals surface area contributed by atoms with Gasteiger partial charge in [-0.15, -0.1) is 0 Å². The molecule has 1 aromatic heterocycles. The number of sulfone groups is 1. The van der Waals surface area contributed by atoms with Crippen molar-refractivity contribution >= 4 is 15.7 Å². The minimum absolute atomic E-state index is 0.160. The molecule has 0 fully saturated rings. The average Bonchev–Trinajstić information content (AvgIpc) is 3.34. The third-order valence-electron chi connectivity index (χ3n) is 7.27. The van der Waals surface area contributed by atoms with E-state index in [-0.39, 0.29) is 22.8 Å². The van der Waals surface area contributed by atoms with E-state index in [0.717, 1.165) is 29.7 Å². The number of carbonyl (C=O) groups excluding carboxylic acids is 1. The molecule has 0 radical (unpaired) electrons. The summed E-state index contributed by atoms with van der Waals surface area (Å²) in [5.41, 5.74) is 2.42. The number of hydrogen-bond donors (Lipinski definition) is 2. The number of aliphatic hydroxyl groups excluding tert-OH is 1. The maximum Gasteiger partial charge on any atom is 0.268 e. The normalized spacial score (nSPS) is 12.4. The van der Waals surface area contributed by atoms with Crippen molar-refractivity contribution in [2.75, 3.05) is 12.5 Å². The molecule has 0 saturated carbocycles. The van der Waals surface area contributed by atoms with E-state index >= 15 is 0 Å². The zero-order valence-electron chi connectivity index (χ0n) is 23.2. The highest BCUT2D eigenvalue weighted by atomic mass is 32.2. The van der Waals surface area contributed by atoms with E-state index in [2.05, 4.69) is 25.2 Å². The molecule has 3 rings (SSSR count). The third-order valence-corrected chi connectivity index (χ3v) is 8.69. The fraction of sp³-hybridized carbons (Fsp3) is 0.433. The van der Waals surface area contributed by atoms with E-state index in [1.165, 1.54) is 0 Å². The van der Waals surface area contributed by atoms with Gasteiger partial charge in [0.1, 0.15) is 11.4 Å². The summed E-state index contributed by atoms with van der Waals surface area (Å²) in [6.07, 6.45) is 1.61. The van der Waals surface area contributed by atoms with Crippen LogP contribution in [0, 0.1) is 6.92 Å². The number of benzene rings is 2. The first-order chi connectivity index (χ1) is 17.9. The van der Waals surface area contributed by atoms with E-state index in [1.807, 2.05) is 42.7 Å². The number of aryl methyl sites for hydroxylation is 1. The number of hydrogen-bond acceptors (Lipinski definition) is 5. The Labute approximate surface area is 226 Å². The Kier molecular flexibility index (Phi) is 9.10. The van der Waals surface area contributed by atoms with Crippen LogP contribution in [-0.2, 0) is 21.8 Å². The molecule has 2 aromatic carbocycles. The van der Waals surface area contributed by atoms with Crippen LogP contribution in [0.25, 0.3) is 0 Å². The molecule has 1 amide bonds. The number of aromatic nitrogens is 1. The molecule has 38 heavy (non-hydrogen) atoms. The van der Waals surface area contributed by atoms with Gasteiger partial charge in [0.15, 0.2) is 5.94 Å². The number of nitrogens with zero attached hydrogens (tertiary/aromatic N) is 1. The van der Waals surface area contributed by atoms with Gasteiger partial charge in [-0.2, -0.15) is 0 Å². The smallest absolute Gasteiger partial charge is 0.268 e. The lowest BCUT2D eigenvalue weighted by molar-refractivity contribution is 0.0859. The molecule has 3 aromatic rings. The van der Waals surface area contributed by atoms with Crippen molar-refractivity contribution < 1.29 is 23.1 Å². The van der Waals surface area contributed by atoms with Gasteiger partial charge in [-0.1, -0.05) is 44.2 Å². The second kappa shape index (κ2) is 11.7. The van der Waals surface area contributed by atoms with Crippen LogP contribution in [0.3, 0.4) is 0 Å². The number of carbonyl (C=O) groups is 1. The standard InChI is InChI=1S/C30H40N2O5S/c1-7-30(8-2,27-18-16-25(32(27)9-3)28(34)31-29(5,6)20-33)23-15-17-26(22(4)19-23)37-21-38(35,36)24-13-11-10-12-14-24/h10-19,33H,7-9,20-21H2,1-6H3,(H,31,34). The summed E-state index contributed by atoms with van der Waals surface area (Å²) >= 11 is 0. The Morgan fingerprint density at radius 2 is 1.66 bits per heavy atom. The van der Waals surface area contributed by atoms with Crippen molar-refractivity contribution in [3.8, 4) is 5.75 Å². The molecule has 7 nitrogen and oxygen atoms in total. The van der Waals surface area contributed by atoms with Gasteiger partial charge < -0.3 is 19.7 Å². The van der Waals surface area contributed by atoms with Crippen molar-refractivity contribution in [2.45, 2.75) is 76.8 Å². The highest BCUT2D eigenvalue weighted by Crippen LogP contribution is 2.41. The predicted molar refractivity (Wildman–Crippen MR) is 150 cm³/mol. The Morgan fingerprint density at radius 1 is 1.00 bits per heavy atom. The minimum Gasteiger partial charge on any atom is -0.477 e. The van der Waals surface area contributed by atoms with E-state index < -0.39 is 21.3 Å². The zero-order chi connectivity index (χ0) is 28.1. The molecule has 2 N–H and O–H groups in total. The predicted octanol–water partition coefficient (Wildman–Crippen LogP) is 5.23. The van der Waals surface area contributed by atoms with Gasteiger partial charge in [0.05, 0.1) is 17.0 Å². The van der Waals surface area contributed by atoms with Crippen molar-refractivity contribution in [3.05, 3.63) is 83.2 Å². The SMILES string of the molecule is CCn1c(C(=O)NC(C)(C)CO)ccc1C(CC)(CC)c1ccc(OCS(=O)(=O)c2ccccc2)c(C)c1. The van der Waals surface area contributed by atoms with Crippen LogP contribution in [-0.4, -0.2) is 42.1 Å². The van der Waals surface area contributed by atoms with Gasteiger partial charge >= 0.3 is 0 Å². The molecule has 206 valence electrons. The lowest BCUT2D eigenvalue weighted by Crippen LogP contribution is -2.47. The molecule has 0 bridgehead atoms. The summed E-state index contributed by atoms with van der Waals surface area (Å²) < 4.78 is 33.2. The highest BCUT2D eigenvalue weighted by Gasteiger charge is 2.35. The van der Waals surface area contributed by atoms with Gasteiger partial charge in [0, 0.05) is 17.7 Å². The summed E-state index contributed by atoms with van der Waals surface area (Å²) in [5.74, 6) is -0.144. The molecule has 8 heteroatoms. The first-order valence-corrected chi connectivity index (χ1v) is 14.7. The van der Waals surface area contributed by atoms with Crippen molar-refractivity contribution in [2.24, 2.45) is 0 Å². The molecule has 0 atom stereocenters. The zero-order valence-corrected chi connectivity index (χ0v) is 24.1. The summed E-state index contributed by atoms with van der Waals surface area (Å²) in [7, 11) is -3.57. The van der Waals surface area contributed by atoms with Gasteiger partial charge in [-0.05, 0) is 82.0 Å². The number of rotatable bonds is 12. The maximum absolute atomic E-state index is 13.1. The van der Waals surface area contributed by atoms with Crippen LogP contribution < -0.4 is 10.1 Å². The Morgan fingerprint density at radius 3 is 2.21 bits per heavy atom. The third kappa shape index (κ3) is 5.97. The molecular formula is C30H40N2O5S. The van der Waals surface area contributed by atoms with Gasteiger partial charge in [0.2, 0.25) is 9.84 Å². The lowest BCUT2D eigenvalue weighted by Gasteiger charge is -2.35. The maximum atomic E-state index is 13.1. The molecular weight excluding hydrogens is 500 g/mol. The highest BCUT2D eigenvalue weighted by molar-refractivity contribution is 7.91. The summed E-state index contributed by atoms with van der Waals surface area (Å²) in [6, 6.07) is 18.0. The van der Waals surface area contributed by atoms with E-state index in [4.69, 9.17) is 4.74 Å². The Hall–Kier alpha value is -3.10. The number of ether oxygens (including phenoxy) is 1. The summed E-state index contributed by atoms with van der Waals surface area (Å²) in [5, 5.41) is 12.5. The van der Waals surface area contributed by atoms with E-state index in [0.29, 0.717) is 18.0 Å². The van der Waals surface area contributed by atoms with Crippen molar-refractivity contribution in [1.29, 1.82) is 0 Å². The van der Waals surface area contributed by atoms with Crippen LogP contribution in [0.5, 0.6) is 5.75 Å². The molecule has 0 spiro atoms. The number of aliphatic hydroxyl groups is 1. The van der Waals surface area contributed by atoms with E-state index in [1.54, 1.807) is 44.2 Å². The first kappa shape index (κ1) is 29.5. The fourth-order valence-corrected chi connectivity index (χ4v) is 5.94. The fourth-order valence-electron chi connectivity index (χ4n) is 4.95. The van der Waals surface area contributed by atoms with Crippen LogP contribution >= 0.6 is 0 Å². The Balaban J connectivity index is 1.94.